The second-order valence-electron chi connectivity index (χ2n) is 8.30. The first-order valence-electron chi connectivity index (χ1n) is 10.7. The Balaban J connectivity index is 1.86. The molecule has 184 valence electrons. The zero-order valence-corrected chi connectivity index (χ0v) is 20.4. The van der Waals surface area contributed by atoms with E-state index in [9.17, 15) is 28.8 Å². The first kappa shape index (κ1) is 27.0. The predicted octanol–water partition coefficient (Wildman–Crippen LogP) is 2.06. The first-order chi connectivity index (χ1) is 15.9. The number of hydrogen-bond acceptors (Lipinski definition) is 9. The Labute approximate surface area is 201 Å². The highest BCUT2D eigenvalue weighted by atomic mass is 32.2. The van der Waals surface area contributed by atoms with Crippen molar-refractivity contribution in [2.45, 2.75) is 58.0 Å². The third kappa shape index (κ3) is 7.98. The van der Waals surface area contributed by atoms with E-state index in [0.717, 1.165) is 23.6 Å². The minimum Gasteiger partial charge on any atom is -0.425 e. The van der Waals surface area contributed by atoms with Crippen LogP contribution in [0.1, 0.15) is 67.7 Å². The van der Waals surface area contributed by atoms with Gasteiger partial charge in [0, 0.05) is 38.1 Å². The third-order valence-electron chi connectivity index (χ3n) is 4.70. The average Bonchev–Trinajstić information content (AvgIpc) is 2.96. The fourth-order valence-electron chi connectivity index (χ4n) is 3.21. The smallest absolute Gasteiger partial charge is 0.317 e. The molecule has 1 aromatic rings. The van der Waals surface area contributed by atoms with E-state index in [-0.39, 0.29) is 31.8 Å². The molecule has 2 rings (SSSR count). The number of ether oxygens (including phenoxy) is 2. The summed E-state index contributed by atoms with van der Waals surface area (Å²) in [6.07, 6.45) is -1.56. The van der Waals surface area contributed by atoms with Gasteiger partial charge < -0.3 is 14.8 Å². The molecule has 0 radical (unpaired) electrons. The van der Waals surface area contributed by atoms with Crippen molar-refractivity contribution < 1.29 is 38.2 Å². The first-order valence-corrected chi connectivity index (χ1v) is 11.5. The predicted molar refractivity (Wildman–Crippen MR) is 123 cm³/mol. The molecule has 11 heteroatoms. The Hall–Kier alpha value is -3.21. The Morgan fingerprint density at radius 1 is 1.03 bits per heavy atom. The quantitative estimate of drug-likeness (QED) is 0.213. The molecule has 1 heterocycles. The summed E-state index contributed by atoms with van der Waals surface area (Å²) in [5, 5.41) is 2.15. The van der Waals surface area contributed by atoms with Gasteiger partial charge in [0.05, 0.1) is 11.1 Å². The normalized spacial score (nSPS) is 13.8. The average molecular weight is 493 g/mol. The van der Waals surface area contributed by atoms with E-state index < -0.39 is 46.3 Å². The van der Waals surface area contributed by atoms with Gasteiger partial charge in [-0.3, -0.25) is 33.7 Å². The molecule has 0 saturated heterocycles. The number of benzene rings is 1. The van der Waals surface area contributed by atoms with Gasteiger partial charge in [-0.05, 0) is 32.4 Å². The van der Waals surface area contributed by atoms with Crippen LogP contribution in [0.2, 0.25) is 0 Å². The van der Waals surface area contributed by atoms with Crippen molar-refractivity contribution in [2.24, 2.45) is 0 Å². The molecule has 10 nitrogen and oxygen atoms in total. The van der Waals surface area contributed by atoms with E-state index in [4.69, 9.17) is 9.47 Å². The van der Waals surface area contributed by atoms with Crippen molar-refractivity contribution in [1.29, 1.82) is 0 Å². The Kier molecular flexibility index (Phi) is 9.36. The van der Waals surface area contributed by atoms with Gasteiger partial charge in [0.25, 0.3) is 11.8 Å². The SMILES string of the molecule is CC(=O)NCC(C)(C)SC(=O)CC(=O)OC(CCCN1C(=O)c2ccccc2C1=O)OC(C)=O. The number of rotatable bonds is 11. The number of thioether (sulfide) groups is 1. The number of nitrogens with zero attached hydrogens (tertiary/aromatic N) is 1. The molecule has 1 atom stereocenters. The number of amides is 3. The van der Waals surface area contributed by atoms with Crippen LogP contribution in [0.15, 0.2) is 24.3 Å². The molecule has 1 aliphatic heterocycles. The van der Waals surface area contributed by atoms with Crippen molar-refractivity contribution >= 4 is 46.5 Å². The van der Waals surface area contributed by atoms with E-state index in [0.29, 0.717) is 11.1 Å². The second kappa shape index (κ2) is 11.8. The number of carbonyl (C=O) groups excluding carboxylic acids is 6. The summed E-state index contributed by atoms with van der Waals surface area (Å²) in [6, 6.07) is 6.49. The lowest BCUT2D eigenvalue weighted by Gasteiger charge is -2.23. The van der Waals surface area contributed by atoms with Crippen LogP contribution in [0, 0.1) is 0 Å². The molecule has 1 unspecified atom stereocenters. The minimum atomic E-state index is -1.26. The van der Waals surface area contributed by atoms with E-state index in [1.807, 2.05) is 0 Å². The zero-order valence-electron chi connectivity index (χ0n) is 19.5. The highest BCUT2D eigenvalue weighted by molar-refractivity contribution is 8.14. The molecule has 1 aliphatic rings. The van der Waals surface area contributed by atoms with Gasteiger partial charge in [0.2, 0.25) is 17.3 Å². The Morgan fingerprint density at radius 2 is 1.62 bits per heavy atom. The Bertz CT molecular complexity index is 956. The molecule has 1 aromatic carbocycles. The fourth-order valence-corrected chi connectivity index (χ4v) is 4.16. The minimum absolute atomic E-state index is 0.0358. The lowest BCUT2D eigenvalue weighted by molar-refractivity contribution is -0.187. The van der Waals surface area contributed by atoms with Crippen LogP contribution in [-0.2, 0) is 28.7 Å². The second-order valence-corrected chi connectivity index (χ2v) is 10.1. The van der Waals surface area contributed by atoms with Crippen LogP contribution < -0.4 is 5.32 Å². The maximum Gasteiger partial charge on any atom is 0.317 e. The van der Waals surface area contributed by atoms with Gasteiger partial charge in [-0.2, -0.15) is 0 Å². The number of esters is 2. The summed E-state index contributed by atoms with van der Waals surface area (Å²) in [4.78, 5) is 72.9. The Morgan fingerprint density at radius 3 is 2.15 bits per heavy atom. The van der Waals surface area contributed by atoms with E-state index >= 15 is 0 Å². The van der Waals surface area contributed by atoms with Gasteiger partial charge >= 0.3 is 11.9 Å². The number of nitrogens with one attached hydrogen (secondary N) is 1. The maximum atomic E-state index is 12.4. The molecule has 0 aromatic heterocycles. The van der Waals surface area contributed by atoms with Crippen molar-refractivity contribution in [3.8, 4) is 0 Å². The molecule has 34 heavy (non-hydrogen) atoms. The summed E-state index contributed by atoms with van der Waals surface area (Å²) in [5.41, 5.74) is 0.654. The lowest BCUT2D eigenvalue weighted by atomic mass is 10.1. The summed E-state index contributed by atoms with van der Waals surface area (Å²) in [5.74, 6) is -2.61. The molecular weight excluding hydrogens is 464 g/mol. The van der Waals surface area contributed by atoms with Gasteiger partial charge in [-0.1, -0.05) is 23.9 Å². The lowest BCUT2D eigenvalue weighted by Crippen LogP contribution is -2.36. The summed E-state index contributed by atoms with van der Waals surface area (Å²) < 4.78 is 9.53. The highest BCUT2D eigenvalue weighted by Crippen LogP contribution is 2.26. The number of hydrogen-bond donors (Lipinski definition) is 1. The monoisotopic (exact) mass is 492 g/mol. The van der Waals surface area contributed by atoms with Crippen molar-refractivity contribution in [3.63, 3.8) is 0 Å². The third-order valence-corrected chi connectivity index (χ3v) is 5.77. The van der Waals surface area contributed by atoms with Gasteiger partial charge in [0.1, 0.15) is 6.42 Å². The molecule has 0 fully saturated rings. The highest BCUT2D eigenvalue weighted by Gasteiger charge is 2.35. The molecule has 0 aliphatic carbocycles. The van der Waals surface area contributed by atoms with Crippen molar-refractivity contribution in [3.05, 3.63) is 35.4 Å². The van der Waals surface area contributed by atoms with Crippen LogP contribution in [0.4, 0.5) is 0 Å². The summed E-state index contributed by atoms with van der Waals surface area (Å²) in [7, 11) is 0. The molecule has 0 bridgehead atoms. The van der Waals surface area contributed by atoms with Crippen LogP contribution >= 0.6 is 11.8 Å². The van der Waals surface area contributed by atoms with Crippen LogP contribution in [0.25, 0.3) is 0 Å². The van der Waals surface area contributed by atoms with E-state index in [1.54, 1.807) is 38.1 Å². The van der Waals surface area contributed by atoms with Crippen molar-refractivity contribution in [1.82, 2.24) is 10.2 Å². The van der Waals surface area contributed by atoms with Crippen LogP contribution in [-0.4, -0.2) is 63.8 Å². The number of fused-ring (bicyclic) bond motifs is 1. The van der Waals surface area contributed by atoms with Crippen LogP contribution in [0.5, 0.6) is 0 Å². The number of imide groups is 1. The summed E-state index contributed by atoms with van der Waals surface area (Å²) in [6.45, 7) is 6.30. The molecule has 0 spiro atoms. The maximum absolute atomic E-state index is 12.4. The molecule has 0 saturated carbocycles. The number of carbonyl (C=O) groups is 6. The van der Waals surface area contributed by atoms with Gasteiger partial charge in [-0.25, -0.2) is 0 Å². The zero-order chi connectivity index (χ0) is 25.5. The van der Waals surface area contributed by atoms with Crippen molar-refractivity contribution in [2.75, 3.05) is 13.1 Å². The molecule has 3 amide bonds. The molecule has 1 N–H and O–H groups in total. The van der Waals surface area contributed by atoms with E-state index in [1.165, 1.54) is 6.92 Å². The summed E-state index contributed by atoms with van der Waals surface area (Å²) >= 11 is 0.898. The fraction of sp³-hybridized carbons (Fsp3) is 0.478. The van der Waals surface area contributed by atoms with E-state index in [2.05, 4.69) is 5.32 Å². The topological polar surface area (TPSA) is 136 Å². The molecular formula is C23H28N2O8S. The van der Waals surface area contributed by atoms with Crippen LogP contribution in [0.3, 0.4) is 0 Å². The van der Waals surface area contributed by atoms with Gasteiger partial charge in [0.15, 0.2) is 0 Å². The largest absolute Gasteiger partial charge is 0.425 e. The standard InChI is InChI=1S/C23H28N2O8S/c1-14(26)24-13-23(3,4)34-19(29)12-18(28)33-20(32-15(2)27)10-7-11-25-21(30)16-8-5-6-9-17(16)22(25)31/h5-6,8-9,20H,7,10-13H2,1-4H3,(H,24,26). The van der Waals surface area contributed by atoms with Gasteiger partial charge in [-0.15, -0.1) is 0 Å².